The van der Waals surface area contributed by atoms with Crippen molar-refractivity contribution in [2.45, 2.75) is 11.4 Å². The molecule has 146 valence electrons. The van der Waals surface area contributed by atoms with Crippen LogP contribution in [0.3, 0.4) is 0 Å². The van der Waals surface area contributed by atoms with Gasteiger partial charge in [-0.15, -0.1) is 0 Å². The molecule has 4 N–H and O–H groups in total. The fourth-order valence-electron chi connectivity index (χ4n) is 2.70. The van der Waals surface area contributed by atoms with Crippen LogP contribution >= 0.6 is 0 Å². The van der Waals surface area contributed by atoms with E-state index in [2.05, 4.69) is 15.3 Å². The molecule has 0 saturated carbocycles. The Morgan fingerprint density at radius 2 is 1.86 bits per heavy atom. The summed E-state index contributed by atoms with van der Waals surface area (Å²) in [5.41, 5.74) is 6.88. The Balaban J connectivity index is 1.87. The first-order chi connectivity index (χ1) is 13.2. The van der Waals surface area contributed by atoms with Crippen LogP contribution in [0.5, 0.6) is 5.75 Å². The van der Waals surface area contributed by atoms with Gasteiger partial charge in [0.2, 0.25) is 0 Å². The molecule has 3 rings (SSSR count). The van der Waals surface area contributed by atoms with Gasteiger partial charge in [0.05, 0.1) is 23.0 Å². The molecule has 0 aliphatic heterocycles. The number of carbonyl (C=O) groups is 2. The third-order valence-electron chi connectivity index (χ3n) is 4.11. The van der Waals surface area contributed by atoms with E-state index in [4.69, 9.17) is 10.5 Å². The molecule has 0 radical (unpaired) electrons. The second-order valence-electron chi connectivity index (χ2n) is 6.09. The molecule has 0 fully saturated rings. The van der Waals surface area contributed by atoms with E-state index >= 15 is 0 Å². The molecule has 0 spiro atoms. The predicted molar refractivity (Wildman–Crippen MR) is 102 cm³/mol. The Hall–Kier alpha value is -3.40. The lowest BCUT2D eigenvalue weighted by Gasteiger charge is -2.10. The molecule has 0 aliphatic rings. The van der Waals surface area contributed by atoms with Gasteiger partial charge in [-0.3, -0.25) is 9.59 Å². The molecule has 2 aromatic carbocycles. The molecule has 1 aromatic heterocycles. The Bertz CT molecular complexity index is 1170. The SMILES string of the molecule is COc1ccc2nc(C(N)=O)[nH]c2c1C(=O)NCc1ccc(S(C)(=O)=O)cc1. The molecule has 0 atom stereocenters. The highest BCUT2D eigenvalue weighted by Gasteiger charge is 2.20. The largest absolute Gasteiger partial charge is 0.496 e. The summed E-state index contributed by atoms with van der Waals surface area (Å²) < 4.78 is 28.3. The zero-order valence-electron chi connectivity index (χ0n) is 15.1. The van der Waals surface area contributed by atoms with Gasteiger partial charge >= 0.3 is 0 Å². The Kier molecular flexibility index (Phi) is 5.06. The number of aromatic amines is 1. The van der Waals surface area contributed by atoms with Crippen LogP contribution < -0.4 is 15.8 Å². The van der Waals surface area contributed by atoms with Gasteiger partial charge in [0, 0.05) is 12.8 Å². The average Bonchev–Trinajstić information content (AvgIpc) is 3.09. The number of amides is 2. The van der Waals surface area contributed by atoms with Crippen molar-refractivity contribution in [3.8, 4) is 5.75 Å². The van der Waals surface area contributed by atoms with Crippen LogP contribution in [0.2, 0.25) is 0 Å². The summed E-state index contributed by atoms with van der Waals surface area (Å²) in [6.45, 7) is 0.166. The number of hydrogen-bond acceptors (Lipinski definition) is 6. The number of rotatable bonds is 6. The van der Waals surface area contributed by atoms with Crippen LogP contribution in [-0.2, 0) is 16.4 Å². The molecule has 9 nitrogen and oxygen atoms in total. The number of primary amides is 1. The highest BCUT2D eigenvalue weighted by Crippen LogP contribution is 2.26. The van der Waals surface area contributed by atoms with E-state index in [1.807, 2.05) is 0 Å². The van der Waals surface area contributed by atoms with Gasteiger partial charge in [0.25, 0.3) is 11.8 Å². The third kappa shape index (κ3) is 3.81. The van der Waals surface area contributed by atoms with E-state index < -0.39 is 21.7 Å². The molecule has 2 amide bonds. The van der Waals surface area contributed by atoms with Gasteiger partial charge in [-0.1, -0.05) is 12.1 Å². The quantitative estimate of drug-likeness (QED) is 0.561. The number of nitrogens with one attached hydrogen (secondary N) is 2. The maximum atomic E-state index is 12.8. The van der Waals surface area contributed by atoms with E-state index in [1.165, 1.54) is 19.2 Å². The number of aromatic nitrogens is 2. The van der Waals surface area contributed by atoms with E-state index in [1.54, 1.807) is 24.3 Å². The van der Waals surface area contributed by atoms with Gasteiger partial charge in [-0.25, -0.2) is 13.4 Å². The zero-order chi connectivity index (χ0) is 20.5. The lowest BCUT2D eigenvalue weighted by Crippen LogP contribution is -2.23. The Morgan fingerprint density at radius 1 is 1.18 bits per heavy atom. The maximum absolute atomic E-state index is 12.8. The monoisotopic (exact) mass is 402 g/mol. The van der Waals surface area contributed by atoms with Gasteiger partial charge in [0.15, 0.2) is 15.7 Å². The third-order valence-corrected chi connectivity index (χ3v) is 5.23. The van der Waals surface area contributed by atoms with Crippen molar-refractivity contribution in [1.82, 2.24) is 15.3 Å². The van der Waals surface area contributed by atoms with Crippen LogP contribution in [0.1, 0.15) is 26.5 Å². The maximum Gasteiger partial charge on any atom is 0.284 e. The number of nitrogens with two attached hydrogens (primary N) is 1. The number of ether oxygens (including phenoxy) is 1. The van der Waals surface area contributed by atoms with Crippen LogP contribution in [0, 0.1) is 0 Å². The van der Waals surface area contributed by atoms with Gasteiger partial charge in [0.1, 0.15) is 11.3 Å². The standard InChI is InChI=1S/C18H18N4O5S/c1-27-13-8-7-12-15(22-17(21-12)16(19)23)14(13)18(24)20-9-10-3-5-11(6-4-10)28(2,25)26/h3-8H,9H2,1-2H3,(H2,19,23)(H,20,24)(H,21,22). The van der Waals surface area contributed by atoms with Crippen molar-refractivity contribution >= 4 is 32.7 Å². The minimum Gasteiger partial charge on any atom is -0.496 e. The van der Waals surface area contributed by atoms with Gasteiger partial charge < -0.3 is 20.8 Å². The number of nitrogens with zero attached hydrogens (tertiary/aromatic N) is 1. The second kappa shape index (κ2) is 7.31. The van der Waals surface area contributed by atoms with Crippen molar-refractivity contribution in [2.75, 3.05) is 13.4 Å². The number of imidazole rings is 1. The van der Waals surface area contributed by atoms with Crippen molar-refractivity contribution in [1.29, 1.82) is 0 Å². The van der Waals surface area contributed by atoms with Crippen LogP contribution in [-0.4, -0.2) is 43.6 Å². The summed E-state index contributed by atoms with van der Waals surface area (Å²) >= 11 is 0. The number of methoxy groups -OCH3 is 1. The highest BCUT2D eigenvalue weighted by molar-refractivity contribution is 7.90. The topological polar surface area (TPSA) is 144 Å². The van der Waals surface area contributed by atoms with Crippen LogP contribution in [0.15, 0.2) is 41.3 Å². The van der Waals surface area contributed by atoms with Crippen molar-refractivity contribution in [3.63, 3.8) is 0 Å². The smallest absolute Gasteiger partial charge is 0.284 e. The summed E-state index contributed by atoms with van der Waals surface area (Å²) in [4.78, 5) is 31.1. The number of carbonyl (C=O) groups excluding carboxylic acids is 2. The van der Waals surface area contributed by atoms with Gasteiger partial charge in [-0.05, 0) is 29.8 Å². The van der Waals surface area contributed by atoms with E-state index in [9.17, 15) is 18.0 Å². The summed E-state index contributed by atoms with van der Waals surface area (Å²) in [6.07, 6.45) is 1.13. The van der Waals surface area contributed by atoms with Crippen molar-refractivity contribution in [3.05, 3.63) is 53.3 Å². The number of hydrogen-bond donors (Lipinski definition) is 3. The lowest BCUT2D eigenvalue weighted by molar-refractivity contribution is 0.0947. The molecular weight excluding hydrogens is 384 g/mol. The van der Waals surface area contributed by atoms with Crippen molar-refractivity contribution in [2.24, 2.45) is 5.73 Å². The van der Waals surface area contributed by atoms with Crippen LogP contribution in [0.25, 0.3) is 11.0 Å². The molecule has 0 aliphatic carbocycles. The first-order valence-electron chi connectivity index (χ1n) is 8.14. The summed E-state index contributed by atoms with van der Waals surface area (Å²) in [5, 5.41) is 2.75. The molecule has 0 saturated heterocycles. The summed E-state index contributed by atoms with van der Waals surface area (Å²) in [6, 6.07) is 9.38. The molecule has 28 heavy (non-hydrogen) atoms. The van der Waals surface area contributed by atoms with Crippen molar-refractivity contribution < 1.29 is 22.7 Å². The normalized spacial score (nSPS) is 11.4. The number of sulfone groups is 1. The number of benzene rings is 2. The Labute approximate surface area is 160 Å². The minimum absolute atomic E-state index is 0.0614. The predicted octanol–water partition coefficient (Wildman–Crippen LogP) is 1.00. The van der Waals surface area contributed by atoms with Gasteiger partial charge in [-0.2, -0.15) is 0 Å². The number of fused-ring (bicyclic) bond motifs is 1. The van der Waals surface area contributed by atoms with E-state index in [-0.39, 0.29) is 22.8 Å². The van der Waals surface area contributed by atoms with Crippen LogP contribution in [0.4, 0.5) is 0 Å². The highest BCUT2D eigenvalue weighted by atomic mass is 32.2. The first kappa shape index (κ1) is 19.4. The summed E-state index contributed by atoms with van der Waals surface area (Å²) in [5.74, 6) is -0.951. The summed E-state index contributed by atoms with van der Waals surface area (Å²) in [7, 11) is -1.86. The lowest BCUT2D eigenvalue weighted by atomic mass is 10.1. The molecule has 1 heterocycles. The molecular formula is C18H18N4O5S. The Morgan fingerprint density at radius 3 is 2.43 bits per heavy atom. The van der Waals surface area contributed by atoms with E-state index in [0.29, 0.717) is 22.3 Å². The first-order valence-corrected chi connectivity index (χ1v) is 10.0. The molecule has 0 bridgehead atoms. The minimum atomic E-state index is -3.28. The second-order valence-corrected chi connectivity index (χ2v) is 8.10. The van der Waals surface area contributed by atoms with E-state index in [0.717, 1.165) is 6.26 Å². The number of H-pyrrole nitrogens is 1. The molecule has 3 aromatic rings. The molecule has 10 heteroatoms. The molecule has 0 unspecified atom stereocenters. The average molecular weight is 402 g/mol. The fraction of sp³-hybridized carbons (Fsp3) is 0.167. The zero-order valence-corrected chi connectivity index (χ0v) is 16.0. The fourth-order valence-corrected chi connectivity index (χ4v) is 3.33.